The molecule has 0 fully saturated rings. The average Bonchev–Trinajstić information content (AvgIpc) is 3.10. The highest BCUT2D eigenvalue weighted by atomic mass is 32.2. The molecule has 1 aromatic heterocycles. The lowest BCUT2D eigenvalue weighted by Crippen LogP contribution is -2.14. The van der Waals surface area contributed by atoms with Gasteiger partial charge in [-0.25, -0.2) is 9.37 Å². The molecule has 0 atom stereocenters. The van der Waals surface area contributed by atoms with Crippen molar-refractivity contribution in [3.05, 3.63) is 54.3 Å². The number of thioether (sulfide) groups is 1. The smallest absolute Gasteiger partial charge is 0.234 e. The van der Waals surface area contributed by atoms with E-state index >= 15 is 0 Å². The van der Waals surface area contributed by atoms with Gasteiger partial charge in [-0.3, -0.25) is 9.89 Å². The fraction of sp³-hybridized carbons (Fsp3) is 0.118. The SMILES string of the molecule is COc1ccc(NC(=O)CSc2n[nH]c(-c3ccccc3F)n2)cc1. The number of rotatable bonds is 6. The second kappa shape index (κ2) is 7.80. The Balaban J connectivity index is 1.56. The van der Waals surface area contributed by atoms with Crippen LogP contribution in [0.3, 0.4) is 0 Å². The predicted octanol–water partition coefficient (Wildman–Crippen LogP) is 3.35. The number of carbonyl (C=O) groups excluding carboxylic acids is 1. The summed E-state index contributed by atoms with van der Waals surface area (Å²) in [4.78, 5) is 16.2. The monoisotopic (exact) mass is 358 g/mol. The number of nitrogens with zero attached hydrogens (tertiary/aromatic N) is 2. The van der Waals surface area contributed by atoms with Gasteiger partial charge in [0.15, 0.2) is 5.82 Å². The van der Waals surface area contributed by atoms with Crippen LogP contribution in [-0.2, 0) is 4.79 Å². The maximum absolute atomic E-state index is 13.7. The van der Waals surface area contributed by atoms with E-state index in [0.29, 0.717) is 28.0 Å². The zero-order valence-corrected chi connectivity index (χ0v) is 14.1. The van der Waals surface area contributed by atoms with Crippen molar-refractivity contribution in [1.29, 1.82) is 0 Å². The third kappa shape index (κ3) is 4.36. The summed E-state index contributed by atoms with van der Waals surface area (Å²) in [6.45, 7) is 0. The predicted molar refractivity (Wildman–Crippen MR) is 94.1 cm³/mol. The molecular formula is C17H15FN4O2S. The molecule has 0 unspecified atom stereocenters. The Hall–Kier alpha value is -2.87. The van der Waals surface area contributed by atoms with Gasteiger partial charge in [-0.1, -0.05) is 23.9 Å². The van der Waals surface area contributed by atoms with E-state index in [0.717, 1.165) is 11.8 Å². The number of anilines is 1. The molecule has 2 aromatic carbocycles. The van der Waals surface area contributed by atoms with Crippen molar-refractivity contribution in [3.63, 3.8) is 0 Å². The molecule has 25 heavy (non-hydrogen) atoms. The quantitative estimate of drug-likeness (QED) is 0.661. The molecule has 1 heterocycles. The number of hydrogen-bond acceptors (Lipinski definition) is 5. The average molecular weight is 358 g/mol. The Kier molecular flexibility index (Phi) is 5.30. The van der Waals surface area contributed by atoms with Crippen molar-refractivity contribution >= 4 is 23.4 Å². The van der Waals surface area contributed by atoms with Gasteiger partial charge in [-0.05, 0) is 36.4 Å². The molecule has 6 nitrogen and oxygen atoms in total. The van der Waals surface area contributed by atoms with Crippen LogP contribution < -0.4 is 10.1 Å². The van der Waals surface area contributed by atoms with E-state index in [1.54, 1.807) is 49.6 Å². The number of aromatic amines is 1. The summed E-state index contributed by atoms with van der Waals surface area (Å²) in [5.74, 6) is 0.616. The Bertz CT molecular complexity index is 867. The molecule has 128 valence electrons. The van der Waals surface area contributed by atoms with E-state index in [9.17, 15) is 9.18 Å². The molecular weight excluding hydrogens is 343 g/mol. The van der Waals surface area contributed by atoms with Gasteiger partial charge in [0.25, 0.3) is 0 Å². The number of benzene rings is 2. The Morgan fingerprint density at radius 3 is 2.72 bits per heavy atom. The molecule has 1 amide bonds. The molecule has 0 radical (unpaired) electrons. The van der Waals surface area contributed by atoms with E-state index in [2.05, 4.69) is 20.5 Å². The van der Waals surface area contributed by atoms with Crippen LogP contribution in [0.15, 0.2) is 53.7 Å². The summed E-state index contributed by atoms with van der Waals surface area (Å²) < 4.78 is 18.8. The number of nitrogens with one attached hydrogen (secondary N) is 2. The molecule has 0 aliphatic rings. The first-order valence-corrected chi connectivity index (χ1v) is 8.38. The fourth-order valence-electron chi connectivity index (χ4n) is 2.09. The maximum atomic E-state index is 13.7. The highest BCUT2D eigenvalue weighted by Crippen LogP contribution is 2.22. The Morgan fingerprint density at radius 1 is 1.24 bits per heavy atom. The van der Waals surface area contributed by atoms with Gasteiger partial charge in [0, 0.05) is 5.69 Å². The van der Waals surface area contributed by atoms with Crippen LogP contribution in [0.25, 0.3) is 11.4 Å². The van der Waals surface area contributed by atoms with Crippen LogP contribution in [0.4, 0.5) is 10.1 Å². The molecule has 0 spiro atoms. The van der Waals surface area contributed by atoms with Gasteiger partial charge < -0.3 is 10.1 Å². The third-order valence-electron chi connectivity index (χ3n) is 3.30. The van der Waals surface area contributed by atoms with E-state index in [-0.39, 0.29) is 17.5 Å². The van der Waals surface area contributed by atoms with Gasteiger partial charge in [-0.15, -0.1) is 5.10 Å². The van der Waals surface area contributed by atoms with Crippen molar-refractivity contribution in [2.24, 2.45) is 0 Å². The number of hydrogen-bond donors (Lipinski definition) is 2. The first-order valence-electron chi connectivity index (χ1n) is 7.39. The third-order valence-corrected chi connectivity index (χ3v) is 4.15. The number of amides is 1. The summed E-state index contributed by atoms with van der Waals surface area (Å²) >= 11 is 1.16. The van der Waals surface area contributed by atoms with Crippen LogP contribution in [0, 0.1) is 5.82 Å². The fourth-order valence-corrected chi connectivity index (χ4v) is 2.68. The largest absolute Gasteiger partial charge is 0.497 e. The van der Waals surface area contributed by atoms with E-state index in [1.165, 1.54) is 6.07 Å². The molecule has 8 heteroatoms. The topological polar surface area (TPSA) is 79.9 Å². The lowest BCUT2D eigenvalue weighted by Gasteiger charge is -2.05. The van der Waals surface area contributed by atoms with Crippen LogP contribution in [0.5, 0.6) is 5.75 Å². The molecule has 0 aliphatic heterocycles. The van der Waals surface area contributed by atoms with Gasteiger partial charge in [0.1, 0.15) is 11.6 Å². The summed E-state index contributed by atoms with van der Waals surface area (Å²) in [5.41, 5.74) is 1.01. The zero-order chi connectivity index (χ0) is 17.6. The standard InChI is InChI=1S/C17H15FN4O2S/c1-24-12-8-6-11(7-9-12)19-15(23)10-25-17-20-16(21-22-17)13-4-2-3-5-14(13)18/h2-9H,10H2,1H3,(H,19,23)(H,20,21,22). The number of methoxy groups -OCH3 is 1. The van der Waals surface area contributed by atoms with Gasteiger partial charge in [-0.2, -0.15) is 0 Å². The van der Waals surface area contributed by atoms with E-state index in [4.69, 9.17) is 4.74 Å². The van der Waals surface area contributed by atoms with Crippen molar-refractivity contribution < 1.29 is 13.9 Å². The second-order valence-electron chi connectivity index (χ2n) is 5.01. The minimum absolute atomic E-state index is 0.139. The number of carbonyl (C=O) groups is 1. The summed E-state index contributed by atoms with van der Waals surface area (Å²) in [6.07, 6.45) is 0. The second-order valence-corrected chi connectivity index (χ2v) is 5.95. The van der Waals surface area contributed by atoms with E-state index in [1.807, 2.05) is 0 Å². The van der Waals surface area contributed by atoms with Crippen molar-refractivity contribution in [1.82, 2.24) is 15.2 Å². The Labute approximate surface area is 147 Å². The maximum Gasteiger partial charge on any atom is 0.234 e. The minimum Gasteiger partial charge on any atom is -0.497 e. The molecule has 0 aliphatic carbocycles. The Morgan fingerprint density at radius 2 is 2.00 bits per heavy atom. The lowest BCUT2D eigenvalue weighted by molar-refractivity contribution is -0.113. The van der Waals surface area contributed by atoms with Crippen molar-refractivity contribution in [2.75, 3.05) is 18.2 Å². The molecule has 0 saturated heterocycles. The first-order chi connectivity index (χ1) is 12.2. The highest BCUT2D eigenvalue weighted by molar-refractivity contribution is 7.99. The van der Waals surface area contributed by atoms with Crippen molar-refractivity contribution in [2.45, 2.75) is 5.16 Å². The van der Waals surface area contributed by atoms with Crippen LogP contribution in [0.2, 0.25) is 0 Å². The molecule has 0 saturated carbocycles. The highest BCUT2D eigenvalue weighted by Gasteiger charge is 2.11. The van der Waals surface area contributed by atoms with Gasteiger partial charge >= 0.3 is 0 Å². The molecule has 3 aromatic rings. The number of halogens is 1. The van der Waals surface area contributed by atoms with Gasteiger partial charge in [0.2, 0.25) is 11.1 Å². The van der Waals surface area contributed by atoms with Crippen LogP contribution in [-0.4, -0.2) is 34.0 Å². The van der Waals surface area contributed by atoms with Crippen LogP contribution >= 0.6 is 11.8 Å². The summed E-state index contributed by atoms with van der Waals surface area (Å²) in [5, 5.41) is 9.83. The van der Waals surface area contributed by atoms with Crippen molar-refractivity contribution in [3.8, 4) is 17.1 Å². The molecule has 3 rings (SSSR count). The molecule has 2 N–H and O–H groups in total. The lowest BCUT2D eigenvalue weighted by atomic mass is 10.2. The zero-order valence-electron chi connectivity index (χ0n) is 13.3. The normalized spacial score (nSPS) is 10.5. The summed E-state index contributed by atoms with van der Waals surface area (Å²) in [7, 11) is 1.58. The van der Waals surface area contributed by atoms with E-state index < -0.39 is 0 Å². The first kappa shape index (κ1) is 17.0. The van der Waals surface area contributed by atoms with Gasteiger partial charge in [0.05, 0.1) is 18.4 Å². The minimum atomic E-state index is -0.382. The number of aromatic nitrogens is 3. The number of H-pyrrole nitrogens is 1. The van der Waals surface area contributed by atoms with Crippen LogP contribution in [0.1, 0.15) is 0 Å². The number of ether oxygens (including phenoxy) is 1. The summed E-state index contributed by atoms with van der Waals surface area (Å²) in [6, 6.07) is 13.3. The molecule has 0 bridgehead atoms.